The fourth-order valence-corrected chi connectivity index (χ4v) is 0.583. The normalized spacial score (nSPS) is 9.55. The van der Waals surface area contributed by atoms with Crippen molar-refractivity contribution in [1.29, 1.82) is 0 Å². The van der Waals surface area contributed by atoms with Crippen LogP contribution in [0.15, 0.2) is 17.2 Å². The monoisotopic (exact) mass is 156 g/mol. The molecule has 0 aliphatic rings. The lowest BCUT2D eigenvalue weighted by atomic mass is 10.7. The first-order valence-electron chi connectivity index (χ1n) is 3.12. The van der Waals surface area contributed by atoms with Gasteiger partial charge in [0.25, 0.3) is 5.88 Å². The number of ether oxygens (including phenoxy) is 1. The number of nitrogens with one attached hydrogen (secondary N) is 1. The number of aromatic nitrogens is 2. The van der Waals surface area contributed by atoms with E-state index in [0.29, 0.717) is 0 Å². The highest BCUT2D eigenvalue weighted by atomic mass is 16.5. The van der Waals surface area contributed by atoms with Crippen LogP contribution >= 0.6 is 0 Å². The molecule has 0 atom stereocenters. The molecule has 0 aliphatic carbocycles. The van der Waals surface area contributed by atoms with E-state index in [1.54, 1.807) is 0 Å². The van der Waals surface area contributed by atoms with E-state index in [9.17, 15) is 4.79 Å². The molecular formula is C6H8N2O3. The molecule has 0 amide bonds. The maximum atomic E-state index is 10.8. The van der Waals surface area contributed by atoms with Crippen LogP contribution in [0.25, 0.3) is 0 Å². The first kappa shape index (κ1) is 7.74. The number of hydrogen-bond acceptors (Lipinski definition) is 4. The van der Waals surface area contributed by atoms with Crippen molar-refractivity contribution < 1.29 is 9.84 Å². The first-order chi connectivity index (χ1) is 5.34. The number of rotatable bonds is 3. The van der Waals surface area contributed by atoms with Gasteiger partial charge < -0.3 is 14.8 Å². The van der Waals surface area contributed by atoms with Gasteiger partial charge in [0.05, 0.1) is 6.61 Å². The average Bonchev–Trinajstić information content (AvgIpc) is 2.03. The molecule has 11 heavy (non-hydrogen) atoms. The molecule has 1 aromatic rings. The van der Waals surface area contributed by atoms with Gasteiger partial charge >= 0.3 is 5.56 Å². The Morgan fingerprint density at radius 1 is 1.73 bits per heavy atom. The lowest BCUT2D eigenvalue weighted by Gasteiger charge is -1.98. The molecule has 0 saturated carbocycles. The van der Waals surface area contributed by atoms with Gasteiger partial charge in [0, 0.05) is 12.4 Å². The predicted octanol–water partition coefficient (Wildman–Crippen LogP) is -0.859. The van der Waals surface area contributed by atoms with Gasteiger partial charge in [-0.2, -0.15) is 0 Å². The van der Waals surface area contributed by atoms with Crippen molar-refractivity contribution in [3.8, 4) is 5.88 Å². The van der Waals surface area contributed by atoms with E-state index in [1.807, 2.05) is 0 Å². The summed E-state index contributed by atoms with van der Waals surface area (Å²) in [6, 6.07) is 0. The lowest BCUT2D eigenvalue weighted by molar-refractivity contribution is 0.195. The molecule has 1 rings (SSSR count). The summed E-state index contributed by atoms with van der Waals surface area (Å²) < 4.78 is 4.78. The number of hydrogen-bond donors (Lipinski definition) is 2. The maximum absolute atomic E-state index is 10.8. The molecule has 0 aromatic carbocycles. The van der Waals surface area contributed by atoms with Crippen LogP contribution in [0.5, 0.6) is 5.88 Å². The minimum absolute atomic E-state index is 0.0125. The Kier molecular flexibility index (Phi) is 2.62. The zero-order chi connectivity index (χ0) is 8.10. The minimum atomic E-state index is -0.388. The van der Waals surface area contributed by atoms with Crippen LogP contribution in [0.2, 0.25) is 0 Å². The van der Waals surface area contributed by atoms with E-state index in [-0.39, 0.29) is 24.7 Å². The summed E-state index contributed by atoms with van der Waals surface area (Å²) in [6.07, 6.45) is 2.82. The molecule has 5 heteroatoms. The fourth-order valence-electron chi connectivity index (χ4n) is 0.583. The second-order valence-electron chi connectivity index (χ2n) is 1.80. The minimum Gasteiger partial charge on any atom is -0.471 e. The Labute approximate surface area is 62.7 Å². The van der Waals surface area contributed by atoms with Crippen molar-refractivity contribution >= 4 is 0 Å². The summed E-state index contributed by atoms with van der Waals surface area (Å²) in [7, 11) is 0. The standard InChI is InChI=1S/C6H8N2O3/c9-3-4-11-6-5(10)7-1-2-8-6/h1-2,9H,3-4H2,(H,7,10). The third-order valence-corrected chi connectivity index (χ3v) is 1.01. The van der Waals surface area contributed by atoms with Crippen molar-refractivity contribution in [1.82, 2.24) is 9.97 Å². The molecule has 2 N–H and O–H groups in total. The summed E-state index contributed by atoms with van der Waals surface area (Å²) in [6.45, 7) is -0.0455. The van der Waals surface area contributed by atoms with E-state index in [0.717, 1.165) is 0 Å². The van der Waals surface area contributed by atoms with Crippen LogP contribution in [-0.2, 0) is 0 Å². The molecule has 60 valence electrons. The van der Waals surface area contributed by atoms with Crippen LogP contribution in [0.3, 0.4) is 0 Å². The van der Waals surface area contributed by atoms with Crippen molar-refractivity contribution in [2.24, 2.45) is 0 Å². The number of aromatic amines is 1. The predicted molar refractivity (Wildman–Crippen MR) is 37.4 cm³/mol. The van der Waals surface area contributed by atoms with Crippen molar-refractivity contribution in [3.63, 3.8) is 0 Å². The summed E-state index contributed by atoms with van der Waals surface area (Å²) >= 11 is 0. The highest BCUT2D eigenvalue weighted by molar-refractivity contribution is 5.01. The Balaban J connectivity index is 2.70. The van der Waals surface area contributed by atoms with Gasteiger partial charge in [0.2, 0.25) is 0 Å². The molecule has 1 aromatic heterocycles. The average molecular weight is 156 g/mol. The number of H-pyrrole nitrogens is 1. The largest absolute Gasteiger partial charge is 0.471 e. The van der Waals surface area contributed by atoms with Crippen molar-refractivity contribution in [3.05, 3.63) is 22.7 Å². The summed E-state index contributed by atoms with van der Waals surface area (Å²) in [5.74, 6) is -0.0125. The highest BCUT2D eigenvalue weighted by Crippen LogP contribution is 1.91. The molecule has 0 bridgehead atoms. The molecular weight excluding hydrogens is 148 g/mol. The highest BCUT2D eigenvalue weighted by Gasteiger charge is 1.97. The van der Waals surface area contributed by atoms with Crippen molar-refractivity contribution in [2.45, 2.75) is 0 Å². The molecule has 0 aliphatic heterocycles. The molecule has 1 heterocycles. The van der Waals surface area contributed by atoms with Gasteiger partial charge in [-0.05, 0) is 0 Å². The third kappa shape index (κ3) is 2.05. The zero-order valence-corrected chi connectivity index (χ0v) is 5.78. The molecule has 5 nitrogen and oxygen atoms in total. The summed E-state index contributed by atoms with van der Waals surface area (Å²) in [4.78, 5) is 16.8. The Morgan fingerprint density at radius 2 is 2.55 bits per heavy atom. The zero-order valence-electron chi connectivity index (χ0n) is 5.78. The fraction of sp³-hybridized carbons (Fsp3) is 0.333. The molecule has 0 unspecified atom stereocenters. The molecule has 0 radical (unpaired) electrons. The van der Waals surface area contributed by atoms with E-state index in [4.69, 9.17) is 9.84 Å². The van der Waals surface area contributed by atoms with E-state index < -0.39 is 0 Å². The van der Waals surface area contributed by atoms with Gasteiger partial charge in [-0.25, -0.2) is 4.98 Å². The van der Waals surface area contributed by atoms with E-state index in [1.165, 1.54) is 12.4 Å². The van der Waals surface area contributed by atoms with Crippen LogP contribution in [-0.4, -0.2) is 28.3 Å². The number of aliphatic hydroxyl groups is 1. The Morgan fingerprint density at radius 3 is 3.18 bits per heavy atom. The topological polar surface area (TPSA) is 75.2 Å². The smallest absolute Gasteiger partial charge is 0.310 e. The van der Waals surface area contributed by atoms with Crippen LogP contribution in [0.1, 0.15) is 0 Å². The van der Waals surface area contributed by atoms with Crippen LogP contribution in [0.4, 0.5) is 0 Å². The second-order valence-corrected chi connectivity index (χ2v) is 1.80. The van der Waals surface area contributed by atoms with Gasteiger partial charge in [0.15, 0.2) is 0 Å². The molecule has 0 saturated heterocycles. The Bertz CT molecular complexity index is 271. The third-order valence-electron chi connectivity index (χ3n) is 1.01. The quantitative estimate of drug-likeness (QED) is 0.597. The van der Waals surface area contributed by atoms with Crippen LogP contribution in [0, 0.1) is 0 Å². The summed E-state index contributed by atoms with van der Waals surface area (Å²) in [5.41, 5.74) is -0.388. The lowest BCUT2D eigenvalue weighted by Crippen LogP contribution is -2.14. The number of aliphatic hydroxyl groups excluding tert-OH is 1. The van der Waals surface area contributed by atoms with E-state index >= 15 is 0 Å². The van der Waals surface area contributed by atoms with Gasteiger partial charge in [-0.1, -0.05) is 0 Å². The van der Waals surface area contributed by atoms with Gasteiger partial charge in [0.1, 0.15) is 6.61 Å². The van der Waals surface area contributed by atoms with Crippen LogP contribution < -0.4 is 10.3 Å². The SMILES string of the molecule is O=c1[nH]ccnc1OCCO. The van der Waals surface area contributed by atoms with Crippen molar-refractivity contribution in [2.75, 3.05) is 13.2 Å². The first-order valence-corrected chi connectivity index (χ1v) is 3.12. The Hall–Kier alpha value is -1.36. The molecule has 0 fully saturated rings. The maximum Gasteiger partial charge on any atom is 0.310 e. The second kappa shape index (κ2) is 3.72. The summed E-state index contributed by atoms with van der Waals surface area (Å²) in [5, 5.41) is 8.35. The number of nitrogens with zero attached hydrogens (tertiary/aromatic N) is 1. The van der Waals surface area contributed by atoms with Gasteiger partial charge in [-0.3, -0.25) is 4.79 Å². The molecule has 0 spiro atoms. The van der Waals surface area contributed by atoms with Gasteiger partial charge in [-0.15, -0.1) is 0 Å². The van der Waals surface area contributed by atoms with E-state index in [2.05, 4.69) is 9.97 Å².